The second-order valence-corrected chi connectivity index (χ2v) is 10.0. The number of hydrogen-bond acceptors (Lipinski definition) is 4. The smallest absolute Gasteiger partial charge is 0.257 e. The van der Waals surface area contributed by atoms with Gasteiger partial charge in [-0.15, -0.1) is 0 Å². The second-order valence-electron chi connectivity index (χ2n) is 7.07. The summed E-state index contributed by atoms with van der Waals surface area (Å²) in [6.45, 7) is 1.63. The zero-order valence-corrected chi connectivity index (χ0v) is 18.6. The molecule has 2 aromatic rings. The molecule has 1 amide bonds. The second kappa shape index (κ2) is 8.92. The molecule has 0 aromatic heterocycles. The topological polar surface area (TPSA) is 69.7 Å². The Kier molecular flexibility index (Phi) is 6.73. The van der Waals surface area contributed by atoms with Crippen LogP contribution in [0.25, 0.3) is 0 Å². The maximum absolute atomic E-state index is 13.1. The van der Waals surface area contributed by atoms with Crippen molar-refractivity contribution < 1.29 is 13.2 Å². The summed E-state index contributed by atoms with van der Waals surface area (Å²) in [7, 11) is -0.765. The number of anilines is 2. The molecule has 1 saturated heterocycles. The van der Waals surface area contributed by atoms with E-state index in [2.05, 4.69) is 10.2 Å². The minimum absolute atomic E-state index is 0.0607. The first-order valence-electron chi connectivity index (χ1n) is 9.28. The lowest BCUT2D eigenvalue weighted by Crippen LogP contribution is -2.32. The van der Waals surface area contributed by atoms with Crippen molar-refractivity contribution in [1.82, 2.24) is 4.31 Å². The summed E-state index contributed by atoms with van der Waals surface area (Å²) in [5.74, 6) is -0.439. The predicted molar refractivity (Wildman–Crippen MR) is 118 cm³/mol. The Morgan fingerprint density at radius 2 is 1.76 bits per heavy atom. The third-order valence-corrected chi connectivity index (χ3v) is 7.52. The first-order chi connectivity index (χ1) is 13.7. The van der Waals surface area contributed by atoms with Crippen LogP contribution in [-0.4, -0.2) is 45.8 Å². The molecule has 1 fully saturated rings. The van der Waals surface area contributed by atoms with Gasteiger partial charge in [0.05, 0.1) is 26.2 Å². The van der Waals surface area contributed by atoms with Crippen LogP contribution >= 0.6 is 23.2 Å². The fourth-order valence-electron chi connectivity index (χ4n) is 3.27. The maximum atomic E-state index is 13.1. The maximum Gasteiger partial charge on any atom is 0.257 e. The molecule has 1 N–H and O–H groups in total. The monoisotopic (exact) mass is 455 g/mol. The number of carbonyl (C=O) groups excluding carboxylic acids is 1. The van der Waals surface area contributed by atoms with Crippen LogP contribution in [0, 0.1) is 0 Å². The van der Waals surface area contributed by atoms with Crippen LogP contribution in [0.15, 0.2) is 41.3 Å². The van der Waals surface area contributed by atoms with Gasteiger partial charge in [-0.05, 0) is 49.6 Å². The predicted octanol–water partition coefficient (Wildman–Crippen LogP) is 4.49. The molecule has 1 aliphatic rings. The van der Waals surface area contributed by atoms with E-state index in [-0.39, 0.29) is 15.5 Å². The molecular formula is C20H23Cl2N3O3S. The Labute approximate surface area is 181 Å². The van der Waals surface area contributed by atoms with Crippen molar-refractivity contribution in [3.63, 3.8) is 0 Å². The molecule has 156 valence electrons. The SMILES string of the molecule is CN(C)S(=O)(=O)c1ccc(N2CCCCC2)c(C(=O)Nc2cccc(Cl)c2Cl)c1. The molecule has 1 heterocycles. The average molecular weight is 456 g/mol. The zero-order valence-electron chi connectivity index (χ0n) is 16.3. The van der Waals surface area contributed by atoms with E-state index in [0.717, 1.165) is 36.7 Å². The number of halogens is 2. The summed E-state index contributed by atoms with van der Waals surface area (Å²) in [4.78, 5) is 15.3. The number of benzene rings is 2. The van der Waals surface area contributed by atoms with Gasteiger partial charge in [0.2, 0.25) is 10.0 Å². The quantitative estimate of drug-likeness (QED) is 0.720. The molecule has 29 heavy (non-hydrogen) atoms. The lowest BCUT2D eigenvalue weighted by Gasteiger charge is -2.30. The number of piperidine rings is 1. The first kappa shape index (κ1) is 21.9. The average Bonchev–Trinajstić information content (AvgIpc) is 2.71. The normalized spacial score (nSPS) is 14.9. The van der Waals surface area contributed by atoms with E-state index < -0.39 is 15.9 Å². The van der Waals surface area contributed by atoms with Gasteiger partial charge in [0, 0.05) is 32.9 Å². The van der Waals surface area contributed by atoms with Gasteiger partial charge in [-0.1, -0.05) is 29.3 Å². The van der Waals surface area contributed by atoms with Gasteiger partial charge in [0.15, 0.2) is 0 Å². The van der Waals surface area contributed by atoms with Gasteiger partial charge in [0.25, 0.3) is 5.91 Å². The first-order valence-corrected chi connectivity index (χ1v) is 11.5. The number of rotatable bonds is 5. The molecule has 0 atom stereocenters. The molecule has 0 saturated carbocycles. The van der Waals surface area contributed by atoms with Crippen molar-refractivity contribution in [3.05, 3.63) is 52.0 Å². The number of hydrogen-bond donors (Lipinski definition) is 1. The zero-order chi connectivity index (χ0) is 21.2. The van der Waals surface area contributed by atoms with E-state index in [1.165, 1.54) is 20.2 Å². The Morgan fingerprint density at radius 1 is 1.07 bits per heavy atom. The highest BCUT2D eigenvalue weighted by Crippen LogP contribution is 2.32. The number of nitrogens with zero attached hydrogens (tertiary/aromatic N) is 2. The van der Waals surface area contributed by atoms with Crippen LogP contribution in [0.4, 0.5) is 11.4 Å². The van der Waals surface area contributed by atoms with Crippen LogP contribution in [0.5, 0.6) is 0 Å². The molecule has 9 heteroatoms. The van der Waals surface area contributed by atoms with Gasteiger partial charge in [-0.3, -0.25) is 4.79 Å². The summed E-state index contributed by atoms with van der Waals surface area (Å²) in [5, 5.41) is 3.32. The molecule has 3 rings (SSSR count). The van der Waals surface area contributed by atoms with Crippen molar-refractivity contribution >= 4 is 50.5 Å². The van der Waals surface area contributed by atoms with Crippen LogP contribution in [0.3, 0.4) is 0 Å². The molecule has 6 nitrogen and oxygen atoms in total. The van der Waals surface area contributed by atoms with E-state index in [1.54, 1.807) is 30.3 Å². The lowest BCUT2D eigenvalue weighted by atomic mass is 10.1. The highest BCUT2D eigenvalue weighted by molar-refractivity contribution is 7.89. The van der Waals surface area contributed by atoms with Crippen LogP contribution in [0.2, 0.25) is 10.0 Å². The largest absolute Gasteiger partial charge is 0.371 e. The van der Waals surface area contributed by atoms with Crippen LogP contribution in [0.1, 0.15) is 29.6 Å². The number of carbonyl (C=O) groups is 1. The van der Waals surface area contributed by atoms with Crippen molar-refractivity contribution in [2.24, 2.45) is 0 Å². The summed E-state index contributed by atoms with van der Waals surface area (Å²) in [6.07, 6.45) is 3.20. The van der Waals surface area contributed by atoms with E-state index in [1.807, 2.05) is 0 Å². The van der Waals surface area contributed by atoms with Crippen molar-refractivity contribution in [3.8, 4) is 0 Å². The van der Waals surface area contributed by atoms with E-state index in [4.69, 9.17) is 23.2 Å². The van der Waals surface area contributed by atoms with Crippen LogP contribution in [-0.2, 0) is 10.0 Å². The Hall–Kier alpha value is -1.80. The van der Waals surface area contributed by atoms with Crippen molar-refractivity contribution in [2.45, 2.75) is 24.2 Å². The van der Waals surface area contributed by atoms with Gasteiger partial charge in [-0.25, -0.2) is 12.7 Å². The molecule has 0 bridgehead atoms. The summed E-state index contributed by atoms with van der Waals surface area (Å²) >= 11 is 12.2. The number of nitrogens with one attached hydrogen (secondary N) is 1. The van der Waals surface area contributed by atoms with E-state index in [9.17, 15) is 13.2 Å². The molecular weight excluding hydrogens is 433 g/mol. The molecule has 0 radical (unpaired) electrons. The molecule has 0 aliphatic carbocycles. The number of sulfonamides is 1. The molecule has 0 unspecified atom stereocenters. The summed E-state index contributed by atoms with van der Waals surface area (Å²) in [5.41, 5.74) is 1.36. The van der Waals surface area contributed by atoms with E-state index >= 15 is 0 Å². The van der Waals surface area contributed by atoms with Gasteiger partial charge in [-0.2, -0.15) is 0 Å². The van der Waals surface area contributed by atoms with Gasteiger partial charge >= 0.3 is 0 Å². The van der Waals surface area contributed by atoms with Crippen LogP contribution < -0.4 is 10.2 Å². The van der Waals surface area contributed by atoms with Crippen molar-refractivity contribution in [2.75, 3.05) is 37.4 Å². The minimum Gasteiger partial charge on any atom is -0.371 e. The Morgan fingerprint density at radius 3 is 2.41 bits per heavy atom. The lowest BCUT2D eigenvalue weighted by molar-refractivity contribution is 0.102. The van der Waals surface area contributed by atoms with E-state index in [0.29, 0.717) is 16.4 Å². The molecule has 2 aromatic carbocycles. The van der Waals surface area contributed by atoms with Gasteiger partial charge in [0.1, 0.15) is 0 Å². The van der Waals surface area contributed by atoms with Gasteiger partial charge < -0.3 is 10.2 Å². The fraction of sp³-hybridized carbons (Fsp3) is 0.350. The molecule has 1 aliphatic heterocycles. The Bertz CT molecular complexity index is 1020. The van der Waals surface area contributed by atoms with Crippen molar-refractivity contribution in [1.29, 1.82) is 0 Å². The highest BCUT2D eigenvalue weighted by Gasteiger charge is 2.24. The highest BCUT2D eigenvalue weighted by atomic mass is 35.5. The standard InChI is InChI=1S/C20H23Cl2N3O3S/c1-24(2)29(27,28)14-9-10-18(25-11-4-3-5-12-25)15(13-14)20(26)23-17-8-6-7-16(21)19(17)22/h6-10,13H,3-5,11-12H2,1-2H3,(H,23,26). The third kappa shape index (κ3) is 4.69. The minimum atomic E-state index is -3.68. The third-order valence-electron chi connectivity index (χ3n) is 4.89. The summed E-state index contributed by atoms with van der Waals surface area (Å²) in [6, 6.07) is 9.63. The fourth-order valence-corrected chi connectivity index (χ4v) is 4.55. The molecule has 0 spiro atoms. The number of amides is 1. The Balaban J connectivity index is 2.04. The summed E-state index contributed by atoms with van der Waals surface area (Å²) < 4.78 is 26.3.